The molecule has 11 heavy (non-hydrogen) atoms. The van der Waals surface area contributed by atoms with Gasteiger partial charge >= 0.3 is 0 Å². The summed E-state index contributed by atoms with van der Waals surface area (Å²) >= 11 is 0. The van der Waals surface area contributed by atoms with Gasteiger partial charge in [-0.25, -0.2) is 0 Å². The Hall–Kier alpha value is -1.05. The van der Waals surface area contributed by atoms with E-state index < -0.39 is 0 Å². The van der Waals surface area contributed by atoms with E-state index in [0.29, 0.717) is 0 Å². The lowest BCUT2D eigenvalue weighted by Crippen LogP contribution is -2.15. The van der Waals surface area contributed by atoms with Gasteiger partial charge in [-0.1, -0.05) is 20.8 Å². The van der Waals surface area contributed by atoms with Crippen LogP contribution in [0.25, 0.3) is 0 Å². The summed E-state index contributed by atoms with van der Waals surface area (Å²) in [6.45, 7) is 6.26. The van der Waals surface area contributed by atoms with Crippen molar-refractivity contribution < 1.29 is 0 Å². The fourth-order valence-corrected chi connectivity index (χ4v) is 0.911. The molecule has 0 aliphatic rings. The van der Waals surface area contributed by atoms with Gasteiger partial charge in [0.25, 0.3) is 0 Å². The zero-order valence-electron chi connectivity index (χ0n) is 7.14. The Kier molecular flexibility index (Phi) is 1.85. The van der Waals surface area contributed by atoms with Crippen LogP contribution in [0.15, 0.2) is 23.1 Å². The number of nitrogens with one attached hydrogen (secondary N) is 1. The molecule has 60 valence electrons. The van der Waals surface area contributed by atoms with Gasteiger partial charge in [-0.2, -0.15) is 0 Å². The smallest absolute Gasteiger partial charge is 0.248 e. The zero-order valence-corrected chi connectivity index (χ0v) is 7.14. The summed E-state index contributed by atoms with van der Waals surface area (Å²) in [5.74, 6) is 0. The molecular weight excluding hydrogens is 138 g/mol. The Bertz CT molecular complexity index is 293. The normalized spacial score (nSPS) is 11.5. The van der Waals surface area contributed by atoms with Gasteiger partial charge in [0, 0.05) is 12.3 Å². The van der Waals surface area contributed by atoms with Crippen molar-refractivity contribution in [1.29, 1.82) is 0 Å². The molecule has 2 heteroatoms. The van der Waals surface area contributed by atoms with Gasteiger partial charge in [-0.05, 0) is 17.0 Å². The average molecular weight is 151 g/mol. The first-order chi connectivity index (χ1) is 5.00. The molecule has 0 saturated heterocycles. The van der Waals surface area contributed by atoms with Crippen LogP contribution in [0.1, 0.15) is 26.3 Å². The number of hydrogen-bond donors (Lipinski definition) is 1. The van der Waals surface area contributed by atoms with Crippen LogP contribution in [0.3, 0.4) is 0 Å². The highest BCUT2D eigenvalue weighted by Gasteiger charge is 2.12. The molecule has 0 amide bonds. The number of aromatic nitrogens is 1. The lowest BCUT2D eigenvalue weighted by molar-refractivity contribution is 0.588. The molecule has 0 aliphatic heterocycles. The zero-order chi connectivity index (χ0) is 8.48. The number of pyridine rings is 1. The van der Waals surface area contributed by atoms with E-state index in [1.165, 1.54) is 0 Å². The molecule has 0 aliphatic carbocycles. The van der Waals surface area contributed by atoms with E-state index in [-0.39, 0.29) is 11.0 Å². The van der Waals surface area contributed by atoms with E-state index in [1.807, 2.05) is 6.07 Å². The van der Waals surface area contributed by atoms with E-state index in [0.717, 1.165) is 5.56 Å². The molecule has 1 aromatic heterocycles. The largest absolute Gasteiger partial charge is 0.329 e. The predicted molar refractivity (Wildman–Crippen MR) is 45.8 cm³/mol. The predicted octanol–water partition coefficient (Wildman–Crippen LogP) is 1.67. The molecule has 2 nitrogen and oxygen atoms in total. The topological polar surface area (TPSA) is 32.9 Å². The van der Waals surface area contributed by atoms with Gasteiger partial charge in [0.2, 0.25) is 5.56 Å². The minimum atomic E-state index is -0.0302. The molecule has 1 heterocycles. The lowest BCUT2D eigenvalue weighted by Gasteiger charge is -2.17. The summed E-state index contributed by atoms with van der Waals surface area (Å²) < 4.78 is 0. The number of H-pyrrole nitrogens is 1. The van der Waals surface area contributed by atoms with Gasteiger partial charge in [0.1, 0.15) is 0 Å². The Morgan fingerprint density at radius 3 is 2.36 bits per heavy atom. The Labute approximate surface area is 66.3 Å². The number of hydrogen-bond acceptors (Lipinski definition) is 1. The van der Waals surface area contributed by atoms with Crippen molar-refractivity contribution in [2.24, 2.45) is 0 Å². The first-order valence-electron chi connectivity index (χ1n) is 3.69. The van der Waals surface area contributed by atoms with E-state index in [4.69, 9.17) is 0 Å². The summed E-state index contributed by atoms with van der Waals surface area (Å²) in [6.07, 6.45) is 1.68. The molecule has 0 spiro atoms. The van der Waals surface area contributed by atoms with Crippen LogP contribution in [0.5, 0.6) is 0 Å². The van der Waals surface area contributed by atoms with E-state index in [9.17, 15) is 4.79 Å². The van der Waals surface area contributed by atoms with Gasteiger partial charge in [0.15, 0.2) is 0 Å². The molecule has 0 aromatic carbocycles. The molecule has 1 N–H and O–H groups in total. The minimum absolute atomic E-state index is 0.0302. The second kappa shape index (κ2) is 2.53. The van der Waals surface area contributed by atoms with Crippen molar-refractivity contribution >= 4 is 0 Å². The van der Waals surface area contributed by atoms with Gasteiger partial charge in [-0.3, -0.25) is 4.79 Å². The molecule has 0 radical (unpaired) electrons. The Morgan fingerprint density at radius 1 is 1.36 bits per heavy atom. The van der Waals surface area contributed by atoms with E-state index >= 15 is 0 Å². The molecule has 0 saturated carbocycles. The van der Waals surface area contributed by atoms with Crippen LogP contribution < -0.4 is 5.56 Å². The lowest BCUT2D eigenvalue weighted by atomic mass is 9.88. The van der Waals surface area contributed by atoms with Crippen molar-refractivity contribution in [3.8, 4) is 0 Å². The summed E-state index contributed by atoms with van der Waals surface area (Å²) in [6, 6.07) is 3.57. The fourth-order valence-electron chi connectivity index (χ4n) is 0.911. The average Bonchev–Trinajstić information content (AvgIpc) is 1.86. The van der Waals surface area contributed by atoms with Crippen molar-refractivity contribution in [2.45, 2.75) is 26.2 Å². The number of rotatable bonds is 0. The van der Waals surface area contributed by atoms with Gasteiger partial charge in [0.05, 0.1) is 0 Å². The SMILES string of the molecule is CC(C)(C)c1cc[nH]c(=O)c1. The minimum Gasteiger partial charge on any atom is -0.329 e. The van der Waals surface area contributed by atoms with Crippen molar-refractivity contribution in [3.05, 3.63) is 34.2 Å². The highest BCUT2D eigenvalue weighted by atomic mass is 16.1. The second-order valence-electron chi connectivity index (χ2n) is 3.69. The monoisotopic (exact) mass is 151 g/mol. The first kappa shape index (κ1) is 8.05. The summed E-state index contributed by atoms with van der Waals surface area (Å²) in [5.41, 5.74) is 1.10. The maximum Gasteiger partial charge on any atom is 0.248 e. The number of aromatic amines is 1. The molecule has 0 atom stereocenters. The second-order valence-corrected chi connectivity index (χ2v) is 3.69. The Balaban J connectivity index is 3.16. The van der Waals surface area contributed by atoms with Crippen LogP contribution in [0.2, 0.25) is 0 Å². The van der Waals surface area contributed by atoms with E-state index in [1.54, 1.807) is 12.3 Å². The third kappa shape index (κ3) is 1.93. The quantitative estimate of drug-likeness (QED) is 0.601. The molecular formula is C9H13NO. The fraction of sp³-hybridized carbons (Fsp3) is 0.444. The van der Waals surface area contributed by atoms with Crippen LogP contribution >= 0.6 is 0 Å². The Morgan fingerprint density at radius 2 is 2.00 bits per heavy atom. The molecule has 1 rings (SSSR count). The van der Waals surface area contributed by atoms with Crippen LogP contribution in [0, 0.1) is 0 Å². The summed E-state index contributed by atoms with van der Waals surface area (Å²) in [4.78, 5) is 13.5. The summed E-state index contributed by atoms with van der Waals surface area (Å²) in [7, 11) is 0. The van der Waals surface area contributed by atoms with Crippen LogP contribution in [0.4, 0.5) is 0 Å². The molecule has 0 unspecified atom stereocenters. The van der Waals surface area contributed by atoms with Gasteiger partial charge in [-0.15, -0.1) is 0 Å². The highest BCUT2D eigenvalue weighted by Crippen LogP contribution is 2.19. The molecule has 0 fully saturated rings. The standard InChI is InChI=1S/C9H13NO/c1-9(2,3)7-4-5-10-8(11)6-7/h4-6H,1-3H3,(H,10,11). The van der Waals surface area contributed by atoms with Crippen molar-refractivity contribution in [1.82, 2.24) is 4.98 Å². The van der Waals surface area contributed by atoms with E-state index in [2.05, 4.69) is 25.8 Å². The third-order valence-electron chi connectivity index (χ3n) is 1.64. The van der Waals surface area contributed by atoms with Crippen molar-refractivity contribution in [3.63, 3.8) is 0 Å². The summed E-state index contributed by atoms with van der Waals surface area (Å²) in [5, 5.41) is 0. The molecule has 1 aromatic rings. The maximum atomic E-state index is 10.9. The first-order valence-corrected chi connectivity index (χ1v) is 3.69. The van der Waals surface area contributed by atoms with Crippen LogP contribution in [-0.4, -0.2) is 4.98 Å². The maximum absolute atomic E-state index is 10.9. The third-order valence-corrected chi connectivity index (χ3v) is 1.64. The molecule has 0 bridgehead atoms. The van der Waals surface area contributed by atoms with Crippen LogP contribution in [-0.2, 0) is 5.41 Å². The van der Waals surface area contributed by atoms with Crippen molar-refractivity contribution in [2.75, 3.05) is 0 Å². The van der Waals surface area contributed by atoms with Gasteiger partial charge < -0.3 is 4.98 Å². The highest BCUT2D eigenvalue weighted by molar-refractivity contribution is 5.18.